The van der Waals surface area contributed by atoms with E-state index < -0.39 is 0 Å². The molecule has 0 radical (unpaired) electrons. The first kappa shape index (κ1) is 14.8. The van der Waals surface area contributed by atoms with Crippen LogP contribution in [0.15, 0.2) is 76.0 Å². The Kier molecular flexibility index (Phi) is 3.92. The van der Waals surface area contributed by atoms with Crippen LogP contribution in [-0.2, 0) is 0 Å². The summed E-state index contributed by atoms with van der Waals surface area (Å²) in [6.07, 6.45) is 5.53. The van der Waals surface area contributed by atoms with Crippen molar-refractivity contribution in [1.82, 2.24) is 4.98 Å². The van der Waals surface area contributed by atoms with Gasteiger partial charge in [0, 0.05) is 12.3 Å². The number of rotatable bonds is 4. The Morgan fingerprint density at radius 2 is 1.92 bits per heavy atom. The van der Waals surface area contributed by atoms with Gasteiger partial charge in [-0.2, -0.15) is 10.2 Å². The third-order valence-electron chi connectivity index (χ3n) is 3.72. The average Bonchev–Trinajstić information content (AvgIpc) is 3.03. The highest BCUT2D eigenvalue weighted by molar-refractivity contribution is 6.29. The fraction of sp³-hybridized carbons (Fsp3) is 0.111. The van der Waals surface area contributed by atoms with E-state index in [1.165, 1.54) is 0 Å². The molecule has 2 aromatic rings. The average molecular weight is 337 g/mol. The lowest BCUT2D eigenvalue weighted by molar-refractivity contribution is 0.374. The lowest BCUT2D eigenvalue weighted by Crippen LogP contribution is -2.31. The maximum atomic E-state index is 5.86. The van der Waals surface area contributed by atoms with Crippen LogP contribution in [0.1, 0.15) is 5.56 Å². The number of fused-ring (bicyclic) bond motifs is 1. The maximum absolute atomic E-state index is 5.86. The normalized spacial score (nSPS) is 18.5. The monoisotopic (exact) mass is 336 g/mol. The van der Waals surface area contributed by atoms with Crippen molar-refractivity contribution < 1.29 is 4.74 Å². The summed E-state index contributed by atoms with van der Waals surface area (Å²) in [7, 11) is 0. The Bertz CT molecular complexity index is 887. The van der Waals surface area contributed by atoms with Gasteiger partial charge in [0.2, 0.25) is 0 Å². The SMILES string of the molecule is Clc1cc(OCC2=NN=C3C=CC(c4ccccc4)=NC32)ccn1. The van der Waals surface area contributed by atoms with Crippen molar-refractivity contribution in [2.75, 3.05) is 6.61 Å². The van der Waals surface area contributed by atoms with Gasteiger partial charge >= 0.3 is 0 Å². The molecule has 2 aliphatic rings. The van der Waals surface area contributed by atoms with Crippen molar-refractivity contribution in [3.8, 4) is 5.75 Å². The highest BCUT2D eigenvalue weighted by Gasteiger charge is 2.28. The number of benzene rings is 1. The quantitative estimate of drug-likeness (QED) is 0.804. The number of nitrogens with zero attached hydrogens (tertiary/aromatic N) is 4. The first-order valence-electron chi connectivity index (χ1n) is 7.49. The summed E-state index contributed by atoms with van der Waals surface area (Å²) >= 11 is 5.86. The first-order valence-corrected chi connectivity index (χ1v) is 7.87. The zero-order valence-electron chi connectivity index (χ0n) is 12.6. The summed E-state index contributed by atoms with van der Waals surface area (Å²) in [6, 6.07) is 13.3. The molecule has 0 spiro atoms. The summed E-state index contributed by atoms with van der Waals surface area (Å²) in [4.78, 5) is 8.71. The van der Waals surface area contributed by atoms with Gasteiger partial charge in [-0.25, -0.2) is 4.98 Å². The van der Waals surface area contributed by atoms with E-state index in [-0.39, 0.29) is 6.04 Å². The van der Waals surface area contributed by atoms with E-state index in [0.717, 1.165) is 22.7 Å². The summed E-state index contributed by atoms with van der Waals surface area (Å²) in [5, 5.41) is 8.80. The molecule has 0 aliphatic carbocycles. The molecular formula is C18H13ClN4O. The highest BCUT2D eigenvalue weighted by Crippen LogP contribution is 2.19. The number of aliphatic imine (C=N–C) groups is 1. The minimum Gasteiger partial charge on any atom is -0.487 e. The summed E-state index contributed by atoms with van der Waals surface area (Å²) in [6.45, 7) is 0.303. The highest BCUT2D eigenvalue weighted by atomic mass is 35.5. The van der Waals surface area contributed by atoms with E-state index in [9.17, 15) is 0 Å². The fourth-order valence-corrected chi connectivity index (χ4v) is 2.70. The molecule has 1 aromatic heterocycles. The van der Waals surface area contributed by atoms with Crippen LogP contribution in [0.25, 0.3) is 0 Å². The molecule has 2 aliphatic heterocycles. The molecule has 0 N–H and O–H groups in total. The van der Waals surface area contributed by atoms with E-state index >= 15 is 0 Å². The van der Waals surface area contributed by atoms with E-state index in [1.807, 2.05) is 42.5 Å². The van der Waals surface area contributed by atoms with Crippen molar-refractivity contribution in [3.05, 3.63) is 71.5 Å². The summed E-state index contributed by atoms with van der Waals surface area (Å²) in [5.74, 6) is 0.643. The number of pyridine rings is 1. The van der Waals surface area contributed by atoms with Gasteiger partial charge in [-0.05, 0) is 23.8 Å². The van der Waals surface area contributed by atoms with Crippen molar-refractivity contribution in [2.24, 2.45) is 15.2 Å². The molecule has 6 heteroatoms. The van der Waals surface area contributed by atoms with Gasteiger partial charge in [0.1, 0.15) is 29.3 Å². The Morgan fingerprint density at radius 3 is 2.75 bits per heavy atom. The molecule has 1 atom stereocenters. The Morgan fingerprint density at radius 1 is 1.04 bits per heavy atom. The van der Waals surface area contributed by atoms with Crippen molar-refractivity contribution in [2.45, 2.75) is 6.04 Å². The smallest absolute Gasteiger partial charge is 0.138 e. The molecule has 3 heterocycles. The largest absolute Gasteiger partial charge is 0.487 e. The van der Waals surface area contributed by atoms with E-state index in [1.54, 1.807) is 18.3 Å². The molecule has 0 amide bonds. The van der Waals surface area contributed by atoms with Crippen LogP contribution < -0.4 is 4.74 Å². The lowest BCUT2D eigenvalue weighted by atomic mass is 10.0. The number of halogens is 1. The molecular weight excluding hydrogens is 324 g/mol. The van der Waals surface area contributed by atoms with Crippen molar-refractivity contribution in [3.63, 3.8) is 0 Å². The first-order chi connectivity index (χ1) is 11.8. The van der Waals surface area contributed by atoms with Crippen molar-refractivity contribution in [1.29, 1.82) is 0 Å². The molecule has 5 nitrogen and oxygen atoms in total. The molecule has 24 heavy (non-hydrogen) atoms. The molecule has 118 valence electrons. The molecule has 1 unspecified atom stereocenters. The van der Waals surface area contributed by atoms with E-state index in [2.05, 4.69) is 15.2 Å². The third-order valence-corrected chi connectivity index (χ3v) is 3.93. The molecule has 0 saturated heterocycles. The zero-order valence-corrected chi connectivity index (χ0v) is 13.4. The van der Waals surface area contributed by atoms with Crippen LogP contribution in [0.3, 0.4) is 0 Å². The predicted molar refractivity (Wildman–Crippen MR) is 95.5 cm³/mol. The van der Waals surface area contributed by atoms with Gasteiger partial charge in [0.05, 0.1) is 11.4 Å². The van der Waals surface area contributed by atoms with Crippen LogP contribution in [-0.4, -0.2) is 34.8 Å². The number of hydrogen-bond donors (Lipinski definition) is 0. The van der Waals surface area contributed by atoms with Gasteiger partial charge in [-0.3, -0.25) is 4.99 Å². The zero-order chi connectivity index (χ0) is 16.4. The lowest BCUT2D eigenvalue weighted by Gasteiger charge is -2.15. The number of dihydropyridines is 1. The Hall–Kier alpha value is -2.79. The topological polar surface area (TPSA) is 59.2 Å². The minimum absolute atomic E-state index is 0.192. The second-order valence-electron chi connectivity index (χ2n) is 5.34. The number of hydrogen-bond acceptors (Lipinski definition) is 5. The molecule has 1 aromatic carbocycles. The standard InChI is InChI=1S/C18H13ClN4O/c19-17-10-13(8-9-20-17)24-11-16-18-15(22-23-16)7-6-14(21-18)12-4-2-1-3-5-12/h1-10,18H,11H2. The van der Waals surface area contributed by atoms with Crippen LogP contribution in [0, 0.1) is 0 Å². The summed E-state index contributed by atoms with van der Waals surface area (Å²) < 4.78 is 5.74. The van der Waals surface area contributed by atoms with Crippen LogP contribution in [0.2, 0.25) is 5.15 Å². The molecule has 0 fully saturated rings. The number of allylic oxidation sites excluding steroid dienone is 1. The van der Waals surface area contributed by atoms with Crippen LogP contribution in [0.4, 0.5) is 0 Å². The van der Waals surface area contributed by atoms with Gasteiger partial charge in [0.25, 0.3) is 0 Å². The van der Waals surface area contributed by atoms with E-state index in [0.29, 0.717) is 17.5 Å². The van der Waals surface area contributed by atoms with Gasteiger partial charge in [-0.15, -0.1) is 0 Å². The Labute approximate surface area is 144 Å². The predicted octanol–water partition coefficient (Wildman–Crippen LogP) is 3.35. The van der Waals surface area contributed by atoms with Gasteiger partial charge in [-0.1, -0.05) is 41.9 Å². The Balaban J connectivity index is 1.51. The number of ether oxygens (including phenoxy) is 1. The van der Waals surface area contributed by atoms with Gasteiger partial charge < -0.3 is 4.74 Å². The molecule has 0 bridgehead atoms. The van der Waals surface area contributed by atoms with Crippen LogP contribution >= 0.6 is 11.6 Å². The minimum atomic E-state index is -0.192. The van der Waals surface area contributed by atoms with Crippen LogP contribution in [0.5, 0.6) is 5.75 Å². The van der Waals surface area contributed by atoms with Gasteiger partial charge in [0.15, 0.2) is 0 Å². The third kappa shape index (κ3) is 2.98. The second kappa shape index (κ2) is 6.37. The summed E-state index contributed by atoms with van der Waals surface area (Å²) in [5.41, 5.74) is 3.60. The van der Waals surface area contributed by atoms with Crippen molar-refractivity contribution >= 4 is 28.7 Å². The fourth-order valence-electron chi connectivity index (χ4n) is 2.53. The second-order valence-corrected chi connectivity index (χ2v) is 5.72. The maximum Gasteiger partial charge on any atom is 0.138 e. The molecule has 4 rings (SSSR count). The number of aromatic nitrogens is 1. The van der Waals surface area contributed by atoms with E-state index in [4.69, 9.17) is 21.3 Å². The molecule has 0 saturated carbocycles.